The first-order valence-electron chi connectivity index (χ1n) is 11.0. The number of rotatable bonds is 5. The number of carbonyl (C=O) groups excluding carboxylic acids is 2. The van der Waals surface area contributed by atoms with Crippen LogP contribution in [0.4, 0.5) is 0 Å². The maximum Gasteiger partial charge on any atom is 0.340 e. The highest BCUT2D eigenvalue weighted by Crippen LogP contribution is 2.34. The molecule has 1 fully saturated rings. The highest BCUT2D eigenvalue weighted by Gasteiger charge is 2.38. The van der Waals surface area contributed by atoms with Gasteiger partial charge in [0, 0.05) is 29.4 Å². The standard InChI is InChI=1S/C26H30N2O4/c1-16-9-6-7-11-23(16)28-17(2)13-20(18(28)3)14-22-24(26(30)31-5)19(4)27(25(22)29)15-21-10-8-12-32-21/h6-7,9,11,13-14,21H,8,10,12,15H2,1-5H3/b22-14-/t21-/m1/s1. The average Bonchev–Trinajstić information content (AvgIpc) is 3.44. The molecule has 1 saturated heterocycles. The zero-order valence-corrected chi connectivity index (χ0v) is 19.4. The molecule has 32 heavy (non-hydrogen) atoms. The van der Waals surface area contributed by atoms with Gasteiger partial charge in [-0.25, -0.2) is 4.79 Å². The molecule has 168 valence electrons. The first kappa shape index (κ1) is 22.1. The number of esters is 1. The molecule has 2 aliphatic rings. The van der Waals surface area contributed by atoms with Crippen molar-refractivity contribution in [2.45, 2.75) is 46.6 Å². The summed E-state index contributed by atoms with van der Waals surface area (Å²) in [5.41, 5.74) is 6.57. The predicted octanol–water partition coefficient (Wildman–Crippen LogP) is 4.25. The van der Waals surface area contributed by atoms with Crippen molar-refractivity contribution in [2.75, 3.05) is 20.3 Å². The molecule has 3 heterocycles. The maximum absolute atomic E-state index is 13.4. The minimum absolute atomic E-state index is 0.00160. The normalized spacial score (nSPS) is 20.0. The number of aromatic nitrogens is 1. The van der Waals surface area contributed by atoms with Crippen molar-refractivity contribution in [3.63, 3.8) is 0 Å². The smallest absolute Gasteiger partial charge is 0.340 e. The molecule has 0 unspecified atom stereocenters. The molecular weight excluding hydrogens is 404 g/mol. The van der Waals surface area contributed by atoms with Crippen LogP contribution in [0.3, 0.4) is 0 Å². The van der Waals surface area contributed by atoms with Gasteiger partial charge in [-0.2, -0.15) is 0 Å². The van der Waals surface area contributed by atoms with Gasteiger partial charge in [0.2, 0.25) is 0 Å². The third kappa shape index (κ3) is 3.79. The average molecular weight is 435 g/mol. The first-order valence-corrected chi connectivity index (χ1v) is 11.0. The van der Waals surface area contributed by atoms with Crippen molar-refractivity contribution < 1.29 is 19.1 Å². The van der Waals surface area contributed by atoms with Crippen LogP contribution in [-0.2, 0) is 19.1 Å². The lowest BCUT2D eigenvalue weighted by molar-refractivity contribution is -0.136. The number of nitrogens with zero attached hydrogens (tertiary/aromatic N) is 2. The van der Waals surface area contributed by atoms with E-state index in [0.29, 0.717) is 30.0 Å². The Labute approximate surface area is 189 Å². The summed E-state index contributed by atoms with van der Waals surface area (Å²) in [6, 6.07) is 10.3. The summed E-state index contributed by atoms with van der Waals surface area (Å²) in [6.45, 7) is 9.12. The fourth-order valence-electron chi connectivity index (χ4n) is 4.71. The van der Waals surface area contributed by atoms with Crippen LogP contribution in [0.1, 0.15) is 42.3 Å². The van der Waals surface area contributed by atoms with Crippen molar-refractivity contribution >= 4 is 18.0 Å². The van der Waals surface area contributed by atoms with Gasteiger partial charge in [-0.3, -0.25) is 4.79 Å². The van der Waals surface area contributed by atoms with Crippen LogP contribution in [0.25, 0.3) is 11.8 Å². The summed E-state index contributed by atoms with van der Waals surface area (Å²) >= 11 is 0. The van der Waals surface area contributed by atoms with E-state index in [2.05, 4.69) is 29.7 Å². The minimum atomic E-state index is -0.496. The molecule has 2 aliphatic heterocycles. The third-order valence-electron chi connectivity index (χ3n) is 6.44. The predicted molar refractivity (Wildman–Crippen MR) is 123 cm³/mol. The molecule has 0 radical (unpaired) electrons. The molecule has 0 spiro atoms. The van der Waals surface area contributed by atoms with Gasteiger partial charge in [-0.15, -0.1) is 0 Å². The molecule has 0 N–H and O–H groups in total. The van der Waals surface area contributed by atoms with Gasteiger partial charge in [0.05, 0.1) is 30.9 Å². The van der Waals surface area contributed by atoms with Gasteiger partial charge < -0.3 is 18.9 Å². The maximum atomic E-state index is 13.4. The third-order valence-corrected chi connectivity index (χ3v) is 6.44. The Morgan fingerprint density at radius 1 is 1.22 bits per heavy atom. The van der Waals surface area contributed by atoms with Gasteiger partial charge >= 0.3 is 5.97 Å². The SMILES string of the molecule is COC(=O)C1=C(C)N(C[C@H]2CCCO2)C(=O)/C1=C\c1cc(C)n(-c2ccccc2C)c1C. The Hall–Kier alpha value is -3.12. The number of carbonyl (C=O) groups is 2. The van der Waals surface area contributed by atoms with Crippen LogP contribution < -0.4 is 0 Å². The van der Waals surface area contributed by atoms with Crippen LogP contribution in [0.2, 0.25) is 0 Å². The first-order chi connectivity index (χ1) is 15.3. The molecular formula is C26H30N2O4. The molecule has 0 bridgehead atoms. The van der Waals surface area contributed by atoms with E-state index in [1.54, 1.807) is 11.8 Å². The molecule has 4 rings (SSSR count). The molecule has 0 saturated carbocycles. The van der Waals surface area contributed by atoms with Crippen molar-refractivity contribution in [2.24, 2.45) is 0 Å². The Morgan fingerprint density at radius 3 is 2.62 bits per heavy atom. The number of ether oxygens (including phenoxy) is 2. The Bertz CT molecular complexity index is 1130. The van der Waals surface area contributed by atoms with Crippen molar-refractivity contribution in [3.8, 4) is 5.69 Å². The molecule has 0 aliphatic carbocycles. The molecule has 1 amide bonds. The van der Waals surface area contributed by atoms with Crippen LogP contribution >= 0.6 is 0 Å². The van der Waals surface area contributed by atoms with E-state index in [0.717, 1.165) is 35.5 Å². The largest absolute Gasteiger partial charge is 0.465 e. The van der Waals surface area contributed by atoms with Crippen molar-refractivity contribution in [1.82, 2.24) is 9.47 Å². The van der Waals surface area contributed by atoms with Crippen LogP contribution in [-0.4, -0.2) is 47.7 Å². The summed E-state index contributed by atoms with van der Waals surface area (Å²) in [5.74, 6) is -0.677. The second-order valence-corrected chi connectivity index (χ2v) is 8.51. The van der Waals surface area contributed by atoms with Gasteiger partial charge in [0.15, 0.2) is 0 Å². The number of amides is 1. The number of hydrogen-bond donors (Lipinski definition) is 0. The van der Waals surface area contributed by atoms with E-state index in [9.17, 15) is 9.59 Å². The number of allylic oxidation sites excluding steroid dienone is 1. The molecule has 1 aromatic carbocycles. The van der Waals surface area contributed by atoms with E-state index in [-0.39, 0.29) is 12.0 Å². The van der Waals surface area contributed by atoms with Crippen molar-refractivity contribution in [3.05, 3.63) is 69.7 Å². The van der Waals surface area contributed by atoms with E-state index < -0.39 is 5.97 Å². The fourth-order valence-corrected chi connectivity index (χ4v) is 4.71. The lowest BCUT2D eigenvalue weighted by Crippen LogP contribution is -2.33. The summed E-state index contributed by atoms with van der Waals surface area (Å²) in [5, 5.41) is 0. The molecule has 1 aromatic heterocycles. The second-order valence-electron chi connectivity index (χ2n) is 8.51. The number of hydrogen-bond acceptors (Lipinski definition) is 4. The molecule has 6 heteroatoms. The van der Waals surface area contributed by atoms with Crippen LogP contribution in [0.5, 0.6) is 0 Å². The summed E-state index contributed by atoms with van der Waals surface area (Å²) in [4.78, 5) is 27.7. The highest BCUT2D eigenvalue weighted by molar-refractivity contribution is 6.16. The Balaban J connectivity index is 1.77. The van der Waals surface area contributed by atoms with Crippen LogP contribution in [0.15, 0.2) is 47.2 Å². The monoisotopic (exact) mass is 434 g/mol. The van der Waals surface area contributed by atoms with E-state index >= 15 is 0 Å². The summed E-state index contributed by atoms with van der Waals surface area (Å²) in [7, 11) is 1.34. The van der Waals surface area contributed by atoms with Gasteiger partial charge in [0.25, 0.3) is 5.91 Å². The fraction of sp³-hybridized carbons (Fsp3) is 0.385. The van der Waals surface area contributed by atoms with E-state index in [1.165, 1.54) is 12.7 Å². The zero-order chi connectivity index (χ0) is 23.0. The van der Waals surface area contributed by atoms with Gasteiger partial charge in [0.1, 0.15) is 0 Å². The van der Waals surface area contributed by atoms with Gasteiger partial charge in [-0.1, -0.05) is 18.2 Å². The zero-order valence-electron chi connectivity index (χ0n) is 19.4. The van der Waals surface area contributed by atoms with E-state index in [1.807, 2.05) is 32.1 Å². The Kier molecular flexibility index (Phi) is 6.07. The lowest BCUT2D eigenvalue weighted by atomic mass is 10.0. The number of aryl methyl sites for hydroxylation is 2. The van der Waals surface area contributed by atoms with E-state index in [4.69, 9.17) is 9.47 Å². The quantitative estimate of drug-likeness (QED) is 0.521. The topological polar surface area (TPSA) is 60.8 Å². The second kappa shape index (κ2) is 8.79. The molecule has 2 aromatic rings. The molecule has 1 atom stereocenters. The summed E-state index contributed by atoms with van der Waals surface area (Å²) < 4.78 is 12.9. The highest BCUT2D eigenvalue weighted by atomic mass is 16.5. The molecule has 6 nitrogen and oxygen atoms in total. The Morgan fingerprint density at radius 2 is 1.97 bits per heavy atom. The van der Waals surface area contributed by atoms with Crippen molar-refractivity contribution in [1.29, 1.82) is 0 Å². The lowest BCUT2D eigenvalue weighted by Gasteiger charge is -2.21. The number of para-hydroxylation sites is 1. The minimum Gasteiger partial charge on any atom is -0.465 e. The van der Waals surface area contributed by atoms with Crippen LogP contribution in [0, 0.1) is 20.8 Å². The van der Waals surface area contributed by atoms with Gasteiger partial charge in [-0.05, 0) is 69.9 Å². The number of methoxy groups -OCH3 is 1. The summed E-state index contributed by atoms with van der Waals surface area (Å²) in [6.07, 6.45) is 3.73. The number of benzene rings is 1.